The molecule has 0 aliphatic heterocycles. The number of aromatic nitrogens is 4. The van der Waals surface area contributed by atoms with Crippen LogP contribution in [-0.4, -0.2) is 25.5 Å². The lowest BCUT2D eigenvalue weighted by atomic mass is 10.1. The average Bonchev–Trinajstić information content (AvgIpc) is 3.33. The van der Waals surface area contributed by atoms with E-state index in [1.165, 1.54) is 27.7 Å². The summed E-state index contributed by atoms with van der Waals surface area (Å²) in [6.45, 7) is 1.97. The van der Waals surface area contributed by atoms with Gasteiger partial charge in [0.1, 0.15) is 29.0 Å². The van der Waals surface area contributed by atoms with Crippen molar-refractivity contribution in [1.82, 2.24) is 19.6 Å². The number of nitriles is 1. The van der Waals surface area contributed by atoms with Gasteiger partial charge in [-0.3, -0.25) is 9.48 Å². The molecular weight excluding hydrogens is 383 g/mol. The van der Waals surface area contributed by atoms with Crippen molar-refractivity contribution in [2.45, 2.75) is 6.92 Å². The number of hydrogen-bond donors (Lipinski definition) is 1. The number of nitrogens with one attached hydrogen (secondary N) is 1. The summed E-state index contributed by atoms with van der Waals surface area (Å²) < 4.78 is 16.3. The lowest BCUT2D eigenvalue weighted by Crippen LogP contribution is -2.15. The first kappa shape index (κ1) is 19.1. The Kier molecular flexibility index (Phi) is 4.86. The van der Waals surface area contributed by atoms with E-state index >= 15 is 0 Å². The lowest BCUT2D eigenvalue weighted by Gasteiger charge is -2.06. The van der Waals surface area contributed by atoms with Crippen LogP contribution >= 0.6 is 0 Å². The number of benzene rings is 2. The molecule has 0 saturated carbocycles. The maximum absolute atomic E-state index is 13.3. The quantitative estimate of drug-likeness (QED) is 0.564. The molecule has 0 spiro atoms. The normalized spacial score (nSPS) is 10.6. The highest BCUT2D eigenvalue weighted by atomic mass is 19.1. The van der Waals surface area contributed by atoms with Gasteiger partial charge in [0.2, 0.25) is 0 Å². The van der Waals surface area contributed by atoms with Gasteiger partial charge in [-0.15, -0.1) is 0 Å². The summed E-state index contributed by atoms with van der Waals surface area (Å²) in [4.78, 5) is 13.1. The van der Waals surface area contributed by atoms with E-state index in [0.29, 0.717) is 22.8 Å². The topological polar surface area (TPSA) is 88.5 Å². The van der Waals surface area contributed by atoms with Gasteiger partial charge in [-0.2, -0.15) is 15.5 Å². The molecule has 0 fully saturated rings. The van der Waals surface area contributed by atoms with Gasteiger partial charge in [0.05, 0.1) is 17.4 Å². The number of carbonyl (C=O) groups excluding carboxylic acids is 1. The minimum Gasteiger partial charge on any atom is -0.306 e. The van der Waals surface area contributed by atoms with Crippen LogP contribution in [0.25, 0.3) is 16.9 Å². The third-order valence-corrected chi connectivity index (χ3v) is 4.67. The molecule has 7 nitrogen and oxygen atoms in total. The van der Waals surface area contributed by atoms with E-state index in [1.807, 2.05) is 37.3 Å². The van der Waals surface area contributed by atoms with Crippen molar-refractivity contribution in [2.75, 3.05) is 5.32 Å². The number of amides is 1. The summed E-state index contributed by atoms with van der Waals surface area (Å²) in [5, 5.41) is 20.6. The first-order valence-electron chi connectivity index (χ1n) is 9.12. The second kappa shape index (κ2) is 7.64. The third kappa shape index (κ3) is 3.56. The fraction of sp³-hybridized carbons (Fsp3) is 0.0909. The van der Waals surface area contributed by atoms with Gasteiger partial charge in [0.25, 0.3) is 5.91 Å². The van der Waals surface area contributed by atoms with Crippen LogP contribution in [0.1, 0.15) is 21.5 Å². The molecule has 0 bridgehead atoms. The van der Waals surface area contributed by atoms with Gasteiger partial charge in [-0.25, -0.2) is 9.07 Å². The number of anilines is 1. The maximum Gasteiger partial charge on any atom is 0.260 e. The minimum absolute atomic E-state index is 0.258. The van der Waals surface area contributed by atoms with Crippen LogP contribution in [0.15, 0.2) is 60.9 Å². The summed E-state index contributed by atoms with van der Waals surface area (Å²) in [5.74, 6) is -0.492. The van der Waals surface area contributed by atoms with Crippen LogP contribution in [0, 0.1) is 24.1 Å². The summed E-state index contributed by atoms with van der Waals surface area (Å²) in [6, 6.07) is 15.5. The standard InChI is InChI=1S/C22H17FN6O/c1-14-3-5-15(6-4-14)20-19(13-29(27-20)18-9-7-17(23)8-10-18)22(30)26-21-16(11-24)12-25-28(21)2/h3-10,12-13H,1-2H3,(H,26,30). The van der Waals surface area contributed by atoms with E-state index in [2.05, 4.69) is 15.5 Å². The average molecular weight is 400 g/mol. The van der Waals surface area contributed by atoms with Gasteiger partial charge >= 0.3 is 0 Å². The molecule has 4 aromatic rings. The molecule has 2 aromatic heterocycles. The Morgan fingerprint density at radius 2 is 1.83 bits per heavy atom. The van der Waals surface area contributed by atoms with E-state index in [0.717, 1.165) is 11.1 Å². The highest BCUT2D eigenvalue weighted by molar-refractivity contribution is 6.08. The summed E-state index contributed by atoms with van der Waals surface area (Å²) >= 11 is 0. The highest BCUT2D eigenvalue weighted by Crippen LogP contribution is 2.26. The first-order valence-corrected chi connectivity index (χ1v) is 9.12. The second-order valence-electron chi connectivity index (χ2n) is 6.77. The number of aryl methyl sites for hydroxylation is 2. The molecular formula is C22H17FN6O. The molecule has 1 N–H and O–H groups in total. The van der Waals surface area contributed by atoms with Crippen LogP contribution in [0.5, 0.6) is 0 Å². The zero-order chi connectivity index (χ0) is 21.3. The Bertz CT molecular complexity index is 1260. The van der Waals surface area contributed by atoms with Crippen molar-refractivity contribution in [1.29, 1.82) is 5.26 Å². The van der Waals surface area contributed by atoms with Gasteiger partial charge in [-0.1, -0.05) is 29.8 Å². The zero-order valence-corrected chi connectivity index (χ0v) is 16.3. The lowest BCUT2D eigenvalue weighted by molar-refractivity contribution is 0.102. The molecule has 4 rings (SSSR count). The van der Waals surface area contributed by atoms with Crippen LogP contribution in [0.4, 0.5) is 10.2 Å². The van der Waals surface area contributed by atoms with Crippen LogP contribution in [0.2, 0.25) is 0 Å². The van der Waals surface area contributed by atoms with E-state index in [-0.39, 0.29) is 11.4 Å². The Morgan fingerprint density at radius 3 is 2.50 bits per heavy atom. The van der Waals surface area contributed by atoms with Crippen LogP contribution in [-0.2, 0) is 7.05 Å². The van der Waals surface area contributed by atoms with Gasteiger partial charge < -0.3 is 5.32 Å². The summed E-state index contributed by atoms with van der Waals surface area (Å²) in [5.41, 5.74) is 3.50. The van der Waals surface area contributed by atoms with Gasteiger partial charge in [0.15, 0.2) is 0 Å². The van der Waals surface area contributed by atoms with Crippen molar-refractivity contribution < 1.29 is 9.18 Å². The molecule has 2 heterocycles. The predicted molar refractivity (Wildman–Crippen MR) is 110 cm³/mol. The number of carbonyl (C=O) groups is 1. The molecule has 0 saturated heterocycles. The number of rotatable bonds is 4. The summed E-state index contributed by atoms with van der Waals surface area (Å²) in [7, 11) is 1.64. The Hall–Kier alpha value is -4.25. The number of hydrogen-bond acceptors (Lipinski definition) is 4. The van der Waals surface area contributed by atoms with Crippen molar-refractivity contribution in [3.05, 3.63) is 83.4 Å². The first-order chi connectivity index (χ1) is 14.5. The molecule has 8 heteroatoms. The molecule has 148 valence electrons. The van der Waals surface area contributed by atoms with Gasteiger partial charge in [-0.05, 0) is 31.2 Å². The molecule has 0 radical (unpaired) electrons. The molecule has 0 atom stereocenters. The minimum atomic E-state index is -0.431. The van der Waals surface area contributed by atoms with Gasteiger partial charge in [0, 0.05) is 18.8 Å². The molecule has 0 aliphatic carbocycles. The van der Waals surface area contributed by atoms with Crippen molar-refractivity contribution in [2.24, 2.45) is 7.05 Å². The largest absolute Gasteiger partial charge is 0.306 e. The molecule has 30 heavy (non-hydrogen) atoms. The predicted octanol–water partition coefficient (Wildman–Crippen LogP) is 3.84. The smallest absolute Gasteiger partial charge is 0.260 e. The maximum atomic E-state index is 13.3. The third-order valence-electron chi connectivity index (χ3n) is 4.67. The fourth-order valence-electron chi connectivity index (χ4n) is 3.03. The molecule has 2 aromatic carbocycles. The van der Waals surface area contributed by atoms with Crippen molar-refractivity contribution >= 4 is 11.7 Å². The van der Waals surface area contributed by atoms with Crippen molar-refractivity contribution in [3.8, 4) is 23.0 Å². The molecule has 0 unspecified atom stereocenters. The zero-order valence-electron chi connectivity index (χ0n) is 16.3. The Labute approximate surface area is 172 Å². The van der Waals surface area contributed by atoms with E-state index in [1.54, 1.807) is 25.4 Å². The fourth-order valence-corrected chi connectivity index (χ4v) is 3.03. The summed E-state index contributed by atoms with van der Waals surface area (Å²) in [6.07, 6.45) is 2.97. The van der Waals surface area contributed by atoms with E-state index in [9.17, 15) is 14.4 Å². The number of halogens is 1. The Morgan fingerprint density at radius 1 is 1.13 bits per heavy atom. The van der Waals surface area contributed by atoms with Crippen LogP contribution in [0.3, 0.4) is 0 Å². The molecule has 0 aliphatic rings. The Balaban J connectivity index is 1.79. The van der Waals surface area contributed by atoms with Crippen molar-refractivity contribution in [3.63, 3.8) is 0 Å². The number of nitrogens with zero attached hydrogens (tertiary/aromatic N) is 5. The van der Waals surface area contributed by atoms with Crippen LogP contribution < -0.4 is 5.32 Å². The SMILES string of the molecule is Cc1ccc(-c2nn(-c3ccc(F)cc3)cc2C(=O)Nc2c(C#N)cnn2C)cc1. The van der Waals surface area contributed by atoms with E-state index < -0.39 is 5.91 Å². The monoisotopic (exact) mass is 400 g/mol. The molecule has 1 amide bonds. The van der Waals surface area contributed by atoms with E-state index in [4.69, 9.17) is 0 Å². The highest BCUT2D eigenvalue weighted by Gasteiger charge is 2.21. The second-order valence-corrected chi connectivity index (χ2v) is 6.77.